The van der Waals surface area contributed by atoms with Gasteiger partial charge in [-0.05, 0) is 38.5 Å². The first-order chi connectivity index (χ1) is 11.9. The Morgan fingerprint density at radius 3 is 2.72 bits per heavy atom. The van der Waals surface area contributed by atoms with Crippen LogP contribution in [0.25, 0.3) is 0 Å². The molecule has 25 heavy (non-hydrogen) atoms. The van der Waals surface area contributed by atoms with E-state index in [9.17, 15) is 14.0 Å². The first-order valence-electron chi connectivity index (χ1n) is 8.34. The number of rotatable bonds is 7. The van der Waals surface area contributed by atoms with Crippen molar-refractivity contribution in [3.05, 3.63) is 29.6 Å². The molecule has 2 rings (SSSR count). The largest absolute Gasteiger partial charge is 0.442 e. The van der Waals surface area contributed by atoms with E-state index in [1.165, 1.54) is 22.9 Å². The fourth-order valence-corrected chi connectivity index (χ4v) is 2.87. The lowest BCUT2D eigenvalue weighted by Gasteiger charge is -2.38. The number of likely N-dealkylation sites (tertiary alicyclic amines) is 1. The molecule has 0 bridgehead atoms. The molecule has 138 valence electrons. The van der Waals surface area contributed by atoms with Crippen molar-refractivity contribution in [3.8, 4) is 0 Å². The van der Waals surface area contributed by atoms with E-state index < -0.39 is 11.9 Å². The maximum absolute atomic E-state index is 14.1. The van der Waals surface area contributed by atoms with Gasteiger partial charge in [0.1, 0.15) is 11.9 Å². The van der Waals surface area contributed by atoms with E-state index in [4.69, 9.17) is 4.74 Å². The Morgan fingerprint density at radius 2 is 2.12 bits per heavy atom. The minimum atomic E-state index is -0.488. The number of nitrogens with one attached hydrogen (secondary N) is 2. The van der Waals surface area contributed by atoms with Gasteiger partial charge in [-0.3, -0.25) is 4.79 Å². The Kier molecular flexibility index (Phi) is 6.92. The van der Waals surface area contributed by atoms with E-state index in [0.717, 1.165) is 12.2 Å². The van der Waals surface area contributed by atoms with Gasteiger partial charge in [0.25, 0.3) is 5.91 Å². The highest BCUT2D eigenvalue weighted by Crippen LogP contribution is 2.22. The molecule has 6 nitrogen and oxygen atoms in total. The maximum Gasteiger partial charge on any atom is 0.407 e. The van der Waals surface area contributed by atoms with Crippen LogP contribution in [0.4, 0.5) is 14.9 Å². The first-order valence-corrected chi connectivity index (χ1v) is 9.33. The van der Waals surface area contributed by atoms with Crippen molar-refractivity contribution in [2.75, 3.05) is 23.6 Å². The third-order valence-electron chi connectivity index (χ3n) is 3.52. The number of alkyl carbamates (subject to hydrolysis) is 1. The molecule has 0 aliphatic carbocycles. The zero-order valence-corrected chi connectivity index (χ0v) is 15.5. The molecule has 8 heteroatoms. The van der Waals surface area contributed by atoms with Gasteiger partial charge in [-0.1, -0.05) is 18.9 Å². The second-order valence-electron chi connectivity index (χ2n) is 6.18. The van der Waals surface area contributed by atoms with E-state index in [2.05, 4.69) is 10.0 Å². The quantitative estimate of drug-likeness (QED) is 0.570. The van der Waals surface area contributed by atoms with Crippen molar-refractivity contribution in [2.45, 2.75) is 39.3 Å². The van der Waals surface area contributed by atoms with E-state index in [-0.39, 0.29) is 23.6 Å². The lowest BCUT2D eigenvalue weighted by Crippen LogP contribution is -2.56. The van der Waals surface area contributed by atoms with E-state index in [0.29, 0.717) is 18.8 Å². The lowest BCUT2D eigenvalue weighted by atomic mass is 10.1. The summed E-state index contributed by atoms with van der Waals surface area (Å²) in [6, 6.07) is 4.39. The van der Waals surface area contributed by atoms with Crippen LogP contribution in [-0.4, -0.2) is 47.9 Å². The number of hydrogen-bond donors (Lipinski definition) is 2. The molecule has 0 atom stereocenters. The van der Waals surface area contributed by atoms with Crippen molar-refractivity contribution < 1.29 is 18.7 Å². The van der Waals surface area contributed by atoms with E-state index >= 15 is 0 Å². The SMILES string of the molecule is CCCSNc1ccc(C(=O)N2CC(OC(=O)NC(C)C)C2)cc1F. The summed E-state index contributed by atoms with van der Waals surface area (Å²) in [5.74, 6) is 0.148. The fourth-order valence-electron chi connectivity index (χ4n) is 2.24. The summed E-state index contributed by atoms with van der Waals surface area (Å²) >= 11 is 1.43. The predicted octanol–water partition coefficient (Wildman–Crippen LogP) is 3.25. The number of nitrogens with zero attached hydrogens (tertiary/aromatic N) is 1. The minimum Gasteiger partial charge on any atom is -0.442 e. The van der Waals surface area contributed by atoms with Crippen molar-refractivity contribution in [2.24, 2.45) is 0 Å². The lowest BCUT2D eigenvalue weighted by molar-refractivity contribution is -0.00702. The molecule has 2 amide bonds. The fraction of sp³-hybridized carbons (Fsp3) is 0.529. The molecule has 0 unspecified atom stereocenters. The van der Waals surface area contributed by atoms with Gasteiger partial charge in [-0.2, -0.15) is 0 Å². The van der Waals surface area contributed by atoms with Crippen molar-refractivity contribution >= 4 is 29.6 Å². The molecule has 1 aromatic rings. The second kappa shape index (κ2) is 8.94. The summed E-state index contributed by atoms with van der Waals surface area (Å²) in [6.07, 6.45) is 0.181. The van der Waals surface area contributed by atoms with Crippen molar-refractivity contribution in [1.82, 2.24) is 10.2 Å². The molecule has 2 N–H and O–H groups in total. The Bertz CT molecular complexity index is 621. The molecule has 1 fully saturated rings. The molecule has 1 aliphatic rings. The van der Waals surface area contributed by atoms with Crippen LogP contribution in [0.1, 0.15) is 37.6 Å². The zero-order chi connectivity index (χ0) is 18.4. The molecule has 0 spiro atoms. The number of carbonyl (C=O) groups excluding carboxylic acids is 2. The Labute approximate surface area is 151 Å². The molecular formula is C17H24FN3O3S. The third-order valence-corrected chi connectivity index (χ3v) is 4.50. The van der Waals surface area contributed by atoms with Crippen LogP contribution in [0, 0.1) is 5.82 Å². The average Bonchev–Trinajstić information content (AvgIpc) is 2.51. The Hall–Kier alpha value is -1.96. The Balaban J connectivity index is 1.84. The van der Waals surface area contributed by atoms with E-state index in [1.807, 2.05) is 20.8 Å². The minimum absolute atomic E-state index is 0.00380. The molecule has 0 aromatic heterocycles. The number of benzene rings is 1. The highest BCUT2D eigenvalue weighted by molar-refractivity contribution is 8.00. The molecule has 1 aliphatic heterocycles. The average molecular weight is 369 g/mol. The van der Waals surface area contributed by atoms with Gasteiger partial charge in [0.15, 0.2) is 0 Å². The summed E-state index contributed by atoms with van der Waals surface area (Å²) in [7, 11) is 0. The molecule has 0 saturated carbocycles. The van der Waals surface area contributed by atoms with Gasteiger partial charge in [-0.25, -0.2) is 9.18 Å². The summed E-state index contributed by atoms with van der Waals surface area (Å²) in [5, 5.41) is 2.63. The number of ether oxygens (including phenoxy) is 1. The van der Waals surface area contributed by atoms with E-state index in [1.54, 1.807) is 12.1 Å². The third kappa shape index (κ3) is 5.52. The summed E-state index contributed by atoms with van der Waals surface area (Å²) in [6.45, 7) is 6.36. The van der Waals surface area contributed by atoms with Crippen LogP contribution in [-0.2, 0) is 4.74 Å². The first kappa shape index (κ1) is 19.4. The summed E-state index contributed by atoms with van der Waals surface area (Å²) < 4.78 is 22.2. The molecule has 1 saturated heterocycles. The highest BCUT2D eigenvalue weighted by atomic mass is 32.2. The van der Waals surface area contributed by atoms with Gasteiger partial charge >= 0.3 is 6.09 Å². The van der Waals surface area contributed by atoms with Crippen LogP contribution in [0.5, 0.6) is 0 Å². The van der Waals surface area contributed by atoms with Crippen LogP contribution < -0.4 is 10.0 Å². The smallest absolute Gasteiger partial charge is 0.407 e. The number of halogens is 1. The van der Waals surface area contributed by atoms with Gasteiger partial charge < -0.3 is 19.7 Å². The van der Waals surface area contributed by atoms with Crippen molar-refractivity contribution in [3.63, 3.8) is 0 Å². The van der Waals surface area contributed by atoms with Gasteiger partial charge in [0.2, 0.25) is 0 Å². The Morgan fingerprint density at radius 1 is 1.40 bits per heavy atom. The molecule has 1 heterocycles. The summed E-state index contributed by atoms with van der Waals surface area (Å²) in [5.41, 5.74) is 0.652. The second-order valence-corrected chi connectivity index (χ2v) is 7.08. The number of hydrogen-bond acceptors (Lipinski definition) is 5. The zero-order valence-electron chi connectivity index (χ0n) is 14.7. The van der Waals surface area contributed by atoms with Crippen LogP contribution in [0.3, 0.4) is 0 Å². The topological polar surface area (TPSA) is 70.7 Å². The standard InChI is InChI=1S/C17H24FN3O3S/c1-4-7-25-20-15-6-5-12(8-14(15)18)16(22)21-9-13(10-21)24-17(23)19-11(2)3/h5-6,8,11,13,20H,4,7,9-10H2,1-3H3,(H,19,23). The van der Waals surface area contributed by atoms with Crippen LogP contribution in [0.15, 0.2) is 18.2 Å². The van der Waals surface area contributed by atoms with Crippen LogP contribution in [0.2, 0.25) is 0 Å². The number of carbonyl (C=O) groups is 2. The molecule has 0 radical (unpaired) electrons. The number of anilines is 1. The molecular weight excluding hydrogens is 345 g/mol. The van der Waals surface area contributed by atoms with Crippen LogP contribution >= 0.6 is 11.9 Å². The van der Waals surface area contributed by atoms with Gasteiger partial charge in [-0.15, -0.1) is 0 Å². The highest BCUT2D eigenvalue weighted by Gasteiger charge is 2.34. The maximum atomic E-state index is 14.1. The normalized spacial score (nSPS) is 14.2. The summed E-state index contributed by atoms with van der Waals surface area (Å²) in [4.78, 5) is 25.4. The monoisotopic (exact) mass is 369 g/mol. The molecule has 1 aromatic carbocycles. The number of amides is 2. The van der Waals surface area contributed by atoms with Crippen molar-refractivity contribution in [1.29, 1.82) is 0 Å². The van der Waals surface area contributed by atoms with Gasteiger partial charge in [0, 0.05) is 17.4 Å². The predicted molar refractivity (Wildman–Crippen MR) is 97.2 cm³/mol. The van der Waals surface area contributed by atoms with Gasteiger partial charge in [0.05, 0.1) is 18.8 Å².